The summed E-state index contributed by atoms with van der Waals surface area (Å²) in [5.74, 6) is -0.160. The molecule has 0 radical (unpaired) electrons. The molecule has 0 atom stereocenters. The maximum absolute atomic E-state index is 12.7. The summed E-state index contributed by atoms with van der Waals surface area (Å²) < 4.78 is 6.94. The zero-order valence-electron chi connectivity index (χ0n) is 15.3. The van der Waals surface area contributed by atoms with E-state index in [0.29, 0.717) is 42.5 Å². The van der Waals surface area contributed by atoms with Crippen LogP contribution in [-0.4, -0.2) is 33.0 Å². The molecule has 2 aromatic heterocycles. The summed E-state index contributed by atoms with van der Waals surface area (Å²) in [6.07, 6.45) is 2.11. The summed E-state index contributed by atoms with van der Waals surface area (Å²) in [4.78, 5) is 27.0. The van der Waals surface area contributed by atoms with Gasteiger partial charge in [0.25, 0.3) is 11.8 Å². The van der Waals surface area contributed by atoms with Crippen molar-refractivity contribution in [1.82, 2.24) is 20.0 Å². The maximum Gasteiger partial charge on any atom is 0.289 e. The van der Waals surface area contributed by atoms with Gasteiger partial charge < -0.3 is 14.6 Å². The van der Waals surface area contributed by atoms with E-state index >= 15 is 0 Å². The Kier molecular flexibility index (Phi) is 4.92. The minimum absolute atomic E-state index is 0.188. The molecule has 0 unspecified atom stereocenters. The van der Waals surface area contributed by atoms with Crippen molar-refractivity contribution in [2.24, 2.45) is 7.05 Å². The van der Waals surface area contributed by atoms with Crippen LogP contribution in [0.2, 0.25) is 5.02 Å². The van der Waals surface area contributed by atoms with E-state index in [-0.39, 0.29) is 11.8 Å². The van der Waals surface area contributed by atoms with Gasteiger partial charge >= 0.3 is 0 Å². The fourth-order valence-electron chi connectivity index (χ4n) is 3.37. The summed E-state index contributed by atoms with van der Waals surface area (Å²) in [5.41, 5.74) is 3.04. The number of hydrogen-bond acceptors (Lipinski definition) is 4. The molecule has 1 aromatic carbocycles. The molecule has 1 N–H and O–H groups in total. The van der Waals surface area contributed by atoms with Gasteiger partial charge in [0.05, 0.1) is 12.8 Å². The van der Waals surface area contributed by atoms with Crippen LogP contribution in [0.1, 0.15) is 37.9 Å². The van der Waals surface area contributed by atoms with Crippen molar-refractivity contribution >= 4 is 23.4 Å². The lowest BCUT2D eigenvalue weighted by Crippen LogP contribution is -2.37. The molecule has 3 aromatic rings. The van der Waals surface area contributed by atoms with Crippen LogP contribution < -0.4 is 5.32 Å². The first-order chi connectivity index (χ1) is 13.5. The Labute approximate surface area is 166 Å². The lowest BCUT2D eigenvalue weighted by Gasteiger charge is -2.26. The summed E-state index contributed by atoms with van der Waals surface area (Å²) in [6.45, 7) is 1.25. The Hall–Kier alpha value is -3.06. The average molecular weight is 399 g/mol. The summed E-state index contributed by atoms with van der Waals surface area (Å²) in [5, 5.41) is 7.94. The molecule has 28 heavy (non-hydrogen) atoms. The van der Waals surface area contributed by atoms with Crippen LogP contribution in [0, 0.1) is 0 Å². The van der Waals surface area contributed by atoms with Gasteiger partial charge in [-0.05, 0) is 29.8 Å². The van der Waals surface area contributed by atoms with E-state index in [1.54, 1.807) is 33.8 Å². The molecule has 3 heterocycles. The average Bonchev–Trinajstić information content (AvgIpc) is 3.35. The van der Waals surface area contributed by atoms with E-state index in [0.717, 1.165) is 16.8 Å². The Morgan fingerprint density at radius 3 is 2.75 bits per heavy atom. The van der Waals surface area contributed by atoms with Crippen LogP contribution in [0.15, 0.2) is 47.1 Å². The van der Waals surface area contributed by atoms with Gasteiger partial charge in [-0.15, -0.1) is 0 Å². The number of rotatable bonds is 4. The monoisotopic (exact) mass is 398 g/mol. The lowest BCUT2D eigenvalue weighted by atomic mass is 10.0. The van der Waals surface area contributed by atoms with Crippen molar-refractivity contribution in [2.75, 3.05) is 6.54 Å². The third-order valence-corrected chi connectivity index (χ3v) is 5.09. The van der Waals surface area contributed by atoms with Gasteiger partial charge in [-0.1, -0.05) is 23.7 Å². The fraction of sp³-hybridized carbons (Fsp3) is 0.250. The minimum Gasteiger partial charge on any atom is -0.459 e. The topological polar surface area (TPSA) is 80.4 Å². The third-order valence-electron chi connectivity index (χ3n) is 4.84. The molecule has 0 spiro atoms. The first-order valence-corrected chi connectivity index (χ1v) is 9.31. The Morgan fingerprint density at radius 2 is 2.04 bits per heavy atom. The Balaban J connectivity index is 1.51. The van der Waals surface area contributed by atoms with Crippen LogP contribution in [0.4, 0.5) is 0 Å². The van der Waals surface area contributed by atoms with E-state index in [1.165, 1.54) is 6.26 Å². The molecule has 0 fully saturated rings. The number of furan rings is 1. The smallest absolute Gasteiger partial charge is 0.289 e. The minimum atomic E-state index is -0.265. The number of aryl methyl sites for hydroxylation is 1. The number of benzene rings is 1. The van der Waals surface area contributed by atoms with E-state index in [9.17, 15) is 9.59 Å². The van der Waals surface area contributed by atoms with E-state index in [1.807, 2.05) is 19.2 Å². The molecule has 144 valence electrons. The van der Waals surface area contributed by atoms with Crippen molar-refractivity contribution in [3.8, 4) is 0 Å². The highest BCUT2D eigenvalue weighted by Crippen LogP contribution is 2.24. The largest absolute Gasteiger partial charge is 0.459 e. The van der Waals surface area contributed by atoms with Gasteiger partial charge in [-0.3, -0.25) is 14.3 Å². The van der Waals surface area contributed by atoms with Gasteiger partial charge in [0.2, 0.25) is 0 Å². The highest BCUT2D eigenvalue weighted by molar-refractivity contribution is 6.30. The van der Waals surface area contributed by atoms with E-state index < -0.39 is 0 Å². The summed E-state index contributed by atoms with van der Waals surface area (Å²) >= 11 is 5.89. The van der Waals surface area contributed by atoms with Gasteiger partial charge in [0, 0.05) is 42.8 Å². The predicted molar refractivity (Wildman–Crippen MR) is 103 cm³/mol. The SMILES string of the molecule is Cn1nc(C(=O)NCc2ccc(Cl)cc2)c2c1CCN(C(=O)c1ccco1)C2. The van der Waals surface area contributed by atoms with Crippen LogP contribution in [0.5, 0.6) is 0 Å². The second kappa shape index (κ2) is 7.52. The number of carbonyl (C=O) groups is 2. The van der Waals surface area contributed by atoms with Crippen molar-refractivity contribution in [1.29, 1.82) is 0 Å². The number of aromatic nitrogens is 2. The van der Waals surface area contributed by atoms with E-state index in [2.05, 4.69) is 10.4 Å². The predicted octanol–water partition coefficient (Wildman–Crippen LogP) is 2.80. The number of nitrogens with one attached hydrogen (secondary N) is 1. The van der Waals surface area contributed by atoms with Crippen LogP contribution >= 0.6 is 11.6 Å². The lowest BCUT2D eigenvalue weighted by molar-refractivity contribution is 0.0698. The molecule has 7 nitrogen and oxygen atoms in total. The van der Waals surface area contributed by atoms with Gasteiger partial charge in [-0.2, -0.15) is 5.10 Å². The first-order valence-electron chi connectivity index (χ1n) is 8.93. The number of nitrogens with zero attached hydrogens (tertiary/aromatic N) is 3. The molecule has 0 bridgehead atoms. The van der Waals surface area contributed by atoms with Gasteiger partial charge in [0.15, 0.2) is 11.5 Å². The number of hydrogen-bond donors (Lipinski definition) is 1. The van der Waals surface area contributed by atoms with Crippen LogP contribution in [0.3, 0.4) is 0 Å². The highest BCUT2D eigenvalue weighted by atomic mass is 35.5. The molecular weight excluding hydrogens is 380 g/mol. The number of carbonyl (C=O) groups excluding carboxylic acids is 2. The third kappa shape index (κ3) is 3.53. The standard InChI is InChI=1S/C20H19ClN4O3/c1-24-16-8-9-25(20(27)17-3-2-10-28-17)12-15(16)18(23-24)19(26)22-11-13-4-6-14(21)7-5-13/h2-7,10H,8-9,11-12H2,1H3,(H,22,26). The zero-order valence-corrected chi connectivity index (χ0v) is 16.1. The van der Waals surface area contributed by atoms with Crippen molar-refractivity contribution in [3.05, 3.63) is 76.0 Å². The number of halogens is 1. The van der Waals surface area contributed by atoms with Gasteiger partial charge in [-0.25, -0.2) is 0 Å². The number of amides is 2. The van der Waals surface area contributed by atoms with Crippen molar-refractivity contribution < 1.29 is 14.0 Å². The maximum atomic E-state index is 12.7. The molecule has 0 aliphatic carbocycles. The summed E-state index contributed by atoms with van der Waals surface area (Å²) in [7, 11) is 1.82. The number of fused-ring (bicyclic) bond motifs is 1. The normalized spacial score (nSPS) is 13.3. The van der Waals surface area contributed by atoms with Crippen LogP contribution in [0.25, 0.3) is 0 Å². The highest BCUT2D eigenvalue weighted by Gasteiger charge is 2.30. The molecule has 1 aliphatic heterocycles. The van der Waals surface area contributed by atoms with Crippen molar-refractivity contribution in [2.45, 2.75) is 19.5 Å². The van der Waals surface area contributed by atoms with Crippen LogP contribution in [-0.2, 0) is 26.6 Å². The first kappa shape index (κ1) is 18.3. The van der Waals surface area contributed by atoms with Crippen molar-refractivity contribution in [3.63, 3.8) is 0 Å². The second-order valence-electron chi connectivity index (χ2n) is 6.66. The zero-order chi connectivity index (χ0) is 19.7. The molecular formula is C20H19ClN4O3. The Bertz CT molecular complexity index is 1010. The summed E-state index contributed by atoms with van der Waals surface area (Å²) in [6, 6.07) is 10.6. The Morgan fingerprint density at radius 1 is 1.25 bits per heavy atom. The molecule has 2 amide bonds. The molecule has 1 aliphatic rings. The quantitative estimate of drug-likeness (QED) is 0.732. The molecule has 8 heteroatoms. The second-order valence-corrected chi connectivity index (χ2v) is 7.10. The fourth-order valence-corrected chi connectivity index (χ4v) is 3.50. The molecule has 4 rings (SSSR count). The molecule has 0 saturated heterocycles. The van der Waals surface area contributed by atoms with Gasteiger partial charge in [0.1, 0.15) is 0 Å². The molecule has 0 saturated carbocycles. The van der Waals surface area contributed by atoms with E-state index in [4.69, 9.17) is 16.0 Å².